The zero-order valence-electron chi connectivity index (χ0n) is 11.4. The molecule has 0 fully saturated rings. The molecule has 0 amide bonds. The summed E-state index contributed by atoms with van der Waals surface area (Å²) < 4.78 is 15.1. The zero-order chi connectivity index (χ0) is 14.7. The lowest BCUT2D eigenvalue weighted by atomic mass is 10.2. The van der Waals surface area contributed by atoms with Crippen molar-refractivity contribution in [1.82, 2.24) is 19.7 Å². The van der Waals surface area contributed by atoms with Gasteiger partial charge < -0.3 is 4.57 Å². The van der Waals surface area contributed by atoms with Crippen molar-refractivity contribution in [3.63, 3.8) is 0 Å². The molecule has 0 aliphatic heterocycles. The second-order valence-corrected chi connectivity index (χ2v) is 5.47. The first-order valence-corrected chi connectivity index (χ1v) is 7.39. The first-order valence-electron chi connectivity index (χ1n) is 6.41. The number of hydrogen-bond donors (Lipinski definition) is 0. The van der Waals surface area contributed by atoms with Crippen LogP contribution < -0.4 is 0 Å². The first-order chi connectivity index (χ1) is 10.2. The SMILES string of the molecule is Cn1c(SCc2cccc(F)c2)nnc1-c1cccnc1. The summed E-state index contributed by atoms with van der Waals surface area (Å²) in [5, 5.41) is 9.17. The summed E-state index contributed by atoms with van der Waals surface area (Å²) in [6.45, 7) is 0. The Bertz CT molecular complexity index is 742. The van der Waals surface area contributed by atoms with Crippen LogP contribution in [0.4, 0.5) is 4.39 Å². The fourth-order valence-corrected chi connectivity index (χ4v) is 2.82. The normalized spacial score (nSPS) is 10.8. The molecular formula is C15H13FN4S. The van der Waals surface area contributed by atoms with Gasteiger partial charge in [0.25, 0.3) is 0 Å². The minimum Gasteiger partial charge on any atom is -0.305 e. The molecular weight excluding hydrogens is 287 g/mol. The van der Waals surface area contributed by atoms with Gasteiger partial charge in [-0.25, -0.2) is 4.39 Å². The highest BCUT2D eigenvalue weighted by molar-refractivity contribution is 7.98. The van der Waals surface area contributed by atoms with Crippen LogP contribution in [0.1, 0.15) is 5.56 Å². The highest BCUT2D eigenvalue weighted by Crippen LogP contribution is 2.24. The third-order valence-electron chi connectivity index (χ3n) is 3.01. The molecule has 0 N–H and O–H groups in total. The van der Waals surface area contributed by atoms with Crippen molar-refractivity contribution < 1.29 is 4.39 Å². The van der Waals surface area contributed by atoms with E-state index in [0.29, 0.717) is 5.75 Å². The van der Waals surface area contributed by atoms with Gasteiger partial charge in [-0.05, 0) is 29.8 Å². The van der Waals surface area contributed by atoms with Crippen LogP contribution in [0.2, 0.25) is 0 Å². The van der Waals surface area contributed by atoms with Gasteiger partial charge in [-0.2, -0.15) is 0 Å². The van der Waals surface area contributed by atoms with E-state index in [1.54, 1.807) is 18.5 Å². The van der Waals surface area contributed by atoms with E-state index in [4.69, 9.17) is 0 Å². The largest absolute Gasteiger partial charge is 0.305 e. The predicted octanol–water partition coefficient (Wildman–Crippen LogP) is 3.31. The Labute approximate surface area is 126 Å². The number of benzene rings is 1. The zero-order valence-corrected chi connectivity index (χ0v) is 12.2. The Morgan fingerprint density at radius 3 is 2.86 bits per heavy atom. The summed E-state index contributed by atoms with van der Waals surface area (Å²) in [5.41, 5.74) is 1.84. The lowest BCUT2D eigenvalue weighted by Gasteiger charge is -2.04. The van der Waals surface area contributed by atoms with E-state index in [1.807, 2.05) is 29.8 Å². The van der Waals surface area contributed by atoms with E-state index < -0.39 is 0 Å². The van der Waals surface area contributed by atoms with Gasteiger partial charge in [0.15, 0.2) is 11.0 Å². The van der Waals surface area contributed by atoms with Gasteiger partial charge in [-0.15, -0.1) is 10.2 Å². The van der Waals surface area contributed by atoms with Gasteiger partial charge in [-0.1, -0.05) is 23.9 Å². The van der Waals surface area contributed by atoms with E-state index in [1.165, 1.54) is 23.9 Å². The number of hydrogen-bond acceptors (Lipinski definition) is 4. The van der Waals surface area contributed by atoms with Crippen molar-refractivity contribution in [1.29, 1.82) is 0 Å². The maximum atomic E-state index is 13.1. The monoisotopic (exact) mass is 300 g/mol. The van der Waals surface area contributed by atoms with Crippen LogP contribution in [0.25, 0.3) is 11.4 Å². The van der Waals surface area contributed by atoms with E-state index >= 15 is 0 Å². The second kappa shape index (κ2) is 6.05. The predicted molar refractivity (Wildman–Crippen MR) is 80.2 cm³/mol. The molecule has 3 rings (SSSR count). The maximum Gasteiger partial charge on any atom is 0.191 e. The Kier molecular flexibility index (Phi) is 3.96. The van der Waals surface area contributed by atoms with Crippen molar-refractivity contribution in [2.24, 2.45) is 7.05 Å². The number of aromatic nitrogens is 4. The Hall–Kier alpha value is -2.21. The van der Waals surface area contributed by atoms with Crippen molar-refractivity contribution in [3.8, 4) is 11.4 Å². The quantitative estimate of drug-likeness (QED) is 0.693. The average Bonchev–Trinajstić information content (AvgIpc) is 2.87. The summed E-state index contributed by atoms with van der Waals surface area (Å²) in [4.78, 5) is 4.09. The van der Waals surface area contributed by atoms with Crippen LogP contribution in [-0.2, 0) is 12.8 Å². The molecule has 3 aromatic rings. The minimum atomic E-state index is -0.220. The van der Waals surface area contributed by atoms with E-state index in [9.17, 15) is 4.39 Å². The summed E-state index contributed by atoms with van der Waals surface area (Å²) >= 11 is 1.53. The average molecular weight is 300 g/mol. The van der Waals surface area contributed by atoms with Crippen LogP contribution in [0, 0.1) is 5.82 Å². The van der Waals surface area contributed by atoms with Crippen molar-refractivity contribution in [3.05, 3.63) is 60.2 Å². The minimum absolute atomic E-state index is 0.220. The molecule has 0 spiro atoms. The fraction of sp³-hybridized carbons (Fsp3) is 0.133. The molecule has 6 heteroatoms. The third kappa shape index (κ3) is 3.11. The summed E-state index contributed by atoms with van der Waals surface area (Å²) in [5.74, 6) is 1.20. The Morgan fingerprint density at radius 2 is 2.10 bits per heavy atom. The van der Waals surface area contributed by atoms with Crippen LogP contribution in [-0.4, -0.2) is 19.7 Å². The molecule has 0 saturated heterocycles. The van der Waals surface area contributed by atoms with Crippen molar-refractivity contribution >= 4 is 11.8 Å². The smallest absolute Gasteiger partial charge is 0.191 e. The molecule has 0 bridgehead atoms. The van der Waals surface area contributed by atoms with Crippen LogP contribution >= 0.6 is 11.8 Å². The van der Waals surface area contributed by atoms with Gasteiger partial charge in [0.2, 0.25) is 0 Å². The molecule has 0 atom stereocenters. The van der Waals surface area contributed by atoms with E-state index in [-0.39, 0.29) is 5.82 Å². The fourth-order valence-electron chi connectivity index (χ4n) is 1.96. The molecule has 4 nitrogen and oxygen atoms in total. The number of nitrogens with zero attached hydrogens (tertiary/aromatic N) is 4. The van der Waals surface area contributed by atoms with Gasteiger partial charge in [0.05, 0.1) is 0 Å². The number of halogens is 1. The van der Waals surface area contributed by atoms with E-state index in [0.717, 1.165) is 22.1 Å². The summed E-state index contributed by atoms with van der Waals surface area (Å²) in [7, 11) is 1.91. The Balaban J connectivity index is 1.77. The topological polar surface area (TPSA) is 43.6 Å². The summed E-state index contributed by atoms with van der Waals surface area (Å²) in [6.07, 6.45) is 3.48. The third-order valence-corrected chi connectivity index (χ3v) is 4.10. The maximum absolute atomic E-state index is 13.1. The van der Waals surface area contributed by atoms with Gasteiger partial charge in [0, 0.05) is 30.8 Å². The lowest BCUT2D eigenvalue weighted by Crippen LogP contribution is -1.95. The molecule has 21 heavy (non-hydrogen) atoms. The molecule has 0 aliphatic rings. The van der Waals surface area contributed by atoms with Gasteiger partial charge in [-0.3, -0.25) is 4.98 Å². The highest BCUT2D eigenvalue weighted by atomic mass is 32.2. The molecule has 0 saturated carbocycles. The van der Waals surface area contributed by atoms with Crippen molar-refractivity contribution in [2.45, 2.75) is 10.9 Å². The van der Waals surface area contributed by atoms with Crippen LogP contribution in [0.3, 0.4) is 0 Å². The molecule has 0 aliphatic carbocycles. The number of rotatable bonds is 4. The highest BCUT2D eigenvalue weighted by Gasteiger charge is 2.11. The van der Waals surface area contributed by atoms with Crippen molar-refractivity contribution in [2.75, 3.05) is 0 Å². The van der Waals surface area contributed by atoms with E-state index in [2.05, 4.69) is 15.2 Å². The molecule has 106 valence electrons. The van der Waals surface area contributed by atoms with Crippen LogP contribution in [0.15, 0.2) is 53.9 Å². The second-order valence-electron chi connectivity index (χ2n) is 4.53. The lowest BCUT2D eigenvalue weighted by molar-refractivity contribution is 0.626. The Morgan fingerprint density at radius 1 is 1.19 bits per heavy atom. The van der Waals surface area contributed by atoms with Crippen LogP contribution in [0.5, 0.6) is 0 Å². The molecule has 2 heterocycles. The molecule has 0 radical (unpaired) electrons. The molecule has 2 aromatic heterocycles. The summed E-state index contributed by atoms with van der Waals surface area (Å²) in [6, 6.07) is 10.4. The molecule has 1 aromatic carbocycles. The number of pyridine rings is 1. The standard InChI is InChI=1S/C15H13FN4S/c1-20-14(12-5-3-7-17-9-12)18-19-15(20)21-10-11-4-2-6-13(16)8-11/h2-9H,10H2,1H3. The van der Waals surface area contributed by atoms with Gasteiger partial charge in [0.1, 0.15) is 5.82 Å². The first kappa shape index (κ1) is 13.8. The van der Waals surface area contributed by atoms with Gasteiger partial charge >= 0.3 is 0 Å². The number of thioether (sulfide) groups is 1. The molecule has 0 unspecified atom stereocenters.